The highest BCUT2D eigenvalue weighted by atomic mass is 32.1. The topological polar surface area (TPSA) is 68.7 Å². The summed E-state index contributed by atoms with van der Waals surface area (Å²) in [5.74, 6) is -1.13. The molecule has 0 aliphatic carbocycles. The van der Waals surface area contributed by atoms with Crippen LogP contribution in [0, 0.1) is 12.7 Å². The molecule has 0 fully saturated rings. The molecule has 6 nitrogen and oxygen atoms in total. The summed E-state index contributed by atoms with van der Waals surface area (Å²) >= 11 is 1.10. The zero-order valence-corrected chi connectivity index (χ0v) is 17.4. The lowest BCUT2D eigenvalue weighted by molar-refractivity contribution is 0.0531. The van der Waals surface area contributed by atoms with Crippen LogP contribution in [0.25, 0.3) is 0 Å². The highest BCUT2D eigenvalue weighted by Gasteiger charge is 2.26. The van der Waals surface area contributed by atoms with Crippen LogP contribution in [0.1, 0.15) is 58.8 Å². The number of amides is 1. The van der Waals surface area contributed by atoms with Crippen molar-refractivity contribution in [3.8, 4) is 5.75 Å². The lowest BCUT2D eigenvalue weighted by Crippen LogP contribution is -2.32. The second kappa shape index (κ2) is 10.2. The van der Waals surface area contributed by atoms with Gasteiger partial charge in [0.2, 0.25) is 0 Å². The zero-order valence-electron chi connectivity index (χ0n) is 16.6. The molecule has 0 spiro atoms. The second-order valence-corrected chi connectivity index (χ2v) is 7.12. The Kier molecular flexibility index (Phi) is 7.92. The van der Waals surface area contributed by atoms with Gasteiger partial charge in [0.15, 0.2) is 5.13 Å². The Balaban J connectivity index is 2.42. The van der Waals surface area contributed by atoms with E-state index in [0.29, 0.717) is 22.2 Å². The predicted octanol–water partition coefficient (Wildman–Crippen LogP) is 4.61. The number of carbonyl (C=O) groups excluding carboxylic acids is 2. The summed E-state index contributed by atoms with van der Waals surface area (Å²) in [4.78, 5) is 31.6. The van der Waals surface area contributed by atoms with E-state index in [0.717, 1.165) is 36.7 Å². The van der Waals surface area contributed by atoms with Crippen molar-refractivity contribution in [2.24, 2.45) is 0 Å². The molecule has 0 saturated heterocycles. The van der Waals surface area contributed by atoms with E-state index in [9.17, 15) is 14.0 Å². The first kappa shape index (κ1) is 21.8. The molecule has 1 heterocycles. The van der Waals surface area contributed by atoms with Crippen molar-refractivity contribution < 1.29 is 23.5 Å². The third kappa shape index (κ3) is 5.07. The maximum atomic E-state index is 13.8. The van der Waals surface area contributed by atoms with Crippen LogP contribution in [0.2, 0.25) is 0 Å². The fourth-order valence-corrected chi connectivity index (χ4v) is 3.67. The Morgan fingerprint density at radius 3 is 2.64 bits per heavy atom. The molecular formula is C20H25FN2O4S. The van der Waals surface area contributed by atoms with Gasteiger partial charge in [-0.1, -0.05) is 31.1 Å². The quantitative estimate of drug-likeness (QED) is 0.448. The molecule has 0 saturated carbocycles. The lowest BCUT2D eigenvalue weighted by atomic mass is 10.1. The monoisotopic (exact) mass is 408 g/mol. The molecule has 0 radical (unpaired) electrons. The van der Waals surface area contributed by atoms with Gasteiger partial charge in [-0.3, -0.25) is 9.69 Å². The van der Waals surface area contributed by atoms with Crippen LogP contribution in [0.4, 0.5) is 9.52 Å². The van der Waals surface area contributed by atoms with Gasteiger partial charge in [-0.25, -0.2) is 14.2 Å². The first-order valence-corrected chi connectivity index (χ1v) is 10.0. The van der Waals surface area contributed by atoms with Gasteiger partial charge >= 0.3 is 5.97 Å². The lowest BCUT2D eigenvalue weighted by Gasteiger charge is -2.21. The minimum absolute atomic E-state index is 0.115. The normalized spacial score (nSPS) is 10.6. The fraction of sp³-hybridized carbons (Fsp3) is 0.450. The molecule has 0 aliphatic rings. The number of halogens is 1. The number of aryl methyl sites for hydroxylation is 1. The van der Waals surface area contributed by atoms with Crippen molar-refractivity contribution in [3.63, 3.8) is 0 Å². The van der Waals surface area contributed by atoms with Crippen LogP contribution < -0.4 is 9.64 Å². The smallest absolute Gasteiger partial charge is 0.350 e. The van der Waals surface area contributed by atoms with Crippen molar-refractivity contribution in [2.45, 2.75) is 40.0 Å². The van der Waals surface area contributed by atoms with Gasteiger partial charge in [0, 0.05) is 6.54 Å². The molecule has 2 aromatic rings. The van der Waals surface area contributed by atoms with Gasteiger partial charge in [0.25, 0.3) is 5.91 Å². The second-order valence-electron chi connectivity index (χ2n) is 6.14. The molecule has 0 aliphatic heterocycles. The molecular weight excluding hydrogens is 383 g/mol. The summed E-state index contributed by atoms with van der Waals surface area (Å²) in [5.41, 5.74) is 0.613. The minimum atomic E-state index is -0.528. The number of unbranched alkanes of at least 4 members (excludes halogenated alkanes) is 2. The summed E-state index contributed by atoms with van der Waals surface area (Å²) < 4.78 is 24.1. The standard InChI is InChI=1S/C20H25FN2O4S/c1-5-7-8-11-23(18(24)15-12-14(21)9-10-16(15)26-4)20-22-13(3)17(28-20)19(25)27-6-2/h9-10,12H,5-8,11H2,1-4H3. The van der Waals surface area contributed by atoms with E-state index in [1.807, 2.05) is 0 Å². The van der Waals surface area contributed by atoms with Gasteiger partial charge in [0.05, 0.1) is 25.0 Å². The summed E-state index contributed by atoms with van der Waals surface area (Å²) in [7, 11) is 1.43. The number of anilines is 1. The van der Waals surface area contributed by atoms with Gasteiger partial charge in [-0.2, -0.15) is 0 Å². The van der Waals surface area contributed by atoms with E-state index in [-0.39, 0.29) is 17.9 Å². The highest BCUT2D eigenvalue weighted by molar-refractivity contribution is 7.17. The fourth-order valence-electron chi connectivity index (χ4n) is 2.68. The molecule has 0 bridgehead atoms. The molecule has 0 N–H and O–H groups in total. The maximum absolute atomic E-state index is 13.8. The van der Waals surface area contributed by atoms with Crippen molar-refractivity contribution >= 4 is 28.3 Å². The van der Waals surface area contributed by atoms with Crippen molar-refractivity contribution in [1.82, 2.24) is 4.98 Å². The third-order valence-electron chi connectivity index (χ3n) is 4.10. The number of methoxy groups -OCH3 is 1. The van der Waals surface area contributed by atoms with E-state index < -0.39 is 17.7 Å². The molecule has 8 heteroatoms. The van der Waals surface area contributed by atoms with Crippen LogP contribution in [-0.4, -0.2) is 37.1 Å². The largest absolute Gasteiger partial charge is 0.496 e. The summed E-state index contributed by atoms with van der Waals surface area (Å²) in [6, 6.07) is 3.81. The van der Waals surface area contributed by atoms with E-state index in [2.05, 4.69) is 11.9 Å². The van der Waals surface area contributed by atoms with E-state index >= 15 is 0 Å². The van der Waals surface area contributed by atoms with E-state index in [1.165, 1.54) is 24.1 Å². The minimum Gasteiger partial charge on any atom is -0.496 e. The molecule has 1 aromatic heterocycles. The number of rotatable bonds is 9. The van der Waals surface area contributed by atoms with Gasteiger partial charge < -0.3 is 9.47 Å². The third-order valence-corrected chi connectivity index (χ3v) is 5.26. The number of esters is 1. The SMILES string of the molecule is CCCCCN(C(=O)c1cc(F)ccc1OC)c1nc(C)c(C(=O)OCC)s1. The summed E-state index contributed by atoms with van der Waals surface area (Å²) in [6.45, 7) is 6.15. The predicted molar refractivity (Wildman–Crippen MR) is 107 cm³/mol. The number of hydrogen-bond acceptors (Lipinski definition) is 6. The Morgan fingerprint density at radius 1 is 1.25 bits per heavy atom. The van der Waals surface area contributed by atoms with Crippen molar-refractivity contribution in [1.29, 1.82) is 0 Å². The molecule has 2 rings (SSSR count). The van der Waals surface area contributed by atoms with Crippen LogP contribution in [-0.2, 0) is 4.74 Å². The number of thiazole rings is 1. The van der Waals surface area contributed by atoms with E-state index in [1.54, 1.807) is 13.8 Å². The van der Waals surface area contributed by atoms with Crippen LogP contribution in [0.3, 0.4) is 0 Å². The maximum Gasteiger partial charge on any atom is 0.350 e. The van der Waals surface area contributed by atoms with E-state index in [4.69, 9.17) is 9.47 Å². The van der Waals surface area contributed by atoms with Gasteiger partial charge in [0.1, 0.15) is 16.4 Å². The highest BCUT2D eigenvalue weighted by Crippen LogP contribution is 2.30. The molecule has 1 aromatic carbocycles. The van der Waals surface area contributed by atoms with Gasteiger partial charge in [-0.05, 0) is 38.5 Å². The average molecular weight is 408 g/mol. The Bertz CT molecular complexity index is 838. The first-order valence-electron chi connectivity index (χ1n) is 9.22. The Morgan fingerprint density at radius 2 is 2.00 bits per heavy atom. The van der Waals surface area contributed by atoms with Crippen LogP contribution in [0.15, 0.2) is 18.2 Å². The average Bonchev–Trinajstić information content (AvgIpc) is 3.06. The number of hydrogen-bond donors (Lipinski definition) is 0. The summed E-state index contributed by atoms with van der Waals surface area (Å²) in [6.07, 6.45) is 2.67. The van der Waals surface area contributed by atoms with Crippen LogP contribution >= 0.6 is 11.3 Å². The number of ether oxygens (including phenoxy) is 2. The van der Waals surface area contributed by atoms with Crippen molar-refractivity contribution in [3.05, 3.63) is 40.2 Å². The number of carbonyl (C=O) groups is 2. The Hall–Kier alpha value is -2.48. The zero-order chi connectivity index (χ0) is 20.7. The molecule has 152 valence electrons. The molecule has 1 amide bonds. The van der Waals surface area contributed by atoms with Gasteiger partial charge in [-0.15, -0.1) is 0 Å². The molecule has 0 unspecified atom stereocenters. The number of nitrogens with zero attached hydrogens (tertiary/aromatic N) is 2. The Labute approximate surface area is 168 Å². The molecule has 0 atom stereocenters. The molecule has 28 heavy (non-hydrogen) atoms. The number of aromatic nitrogens is 1. The van der Waals surface area contributed by atoms with Crippen LogP contribution in [0.5, 0.6) is 5.75 Å². The first-order chi connectivity index (χ1) is 13.4. The van der Waals surface area contributed by atoms with Crippen molar-refractivity contribution in [2.75, 3.05) is 25.2 Å². The summed E-state index contributed by atoms with van der Waals surface area (Å²) in [5, 5.41) is 0.382. The number of benzene rings is 1.